The molecule has 0 spiro atoms. The second-order valence-corrected chi connectivity index (χ2v) is 4.84. The Labute approximate surface area is 97.8 Å². The van der Waals surface area contributed by atoms with E-state index in [2.05, 4.69) is 15.9 Å². The van der Waals surface area contributed by atoms with Crippen molar-refractivity contribution in [2.24, 2.45) is 0 Å². The summed E-state index contributed by atoms with van der Waals surface area (Å²) in [4.78, 5) is 11.6. The van der Waals surface area contributed by atoms with Crippen LogP contribution < -0.4 is 4.74 Å². The maximum atomic E-state index is 11.6. The van der Waals surface area contributed by atoms with Crippen LogP contribution in [-0.2, 0) is 10.2 Å². The second kappa shape index (κ2) is 3.63. The predicted octanol–water partition coefficient (Wildman–Crippen LogP) is 3.08. The smallest absolute Gasteiger partial charge is 0.140 e. The number of hydrogen-bond acceptors (Lipinski definition) is 2. The monoisotopic (exact) mass is 268 g/mol. The van der Waals surface area contributed by atoms with Crippen molar-refractivity contribution in [1.82, 2.24) is 0 Å². The summed E-state index contributed by atoms with van der Waals surface area (Å²) >= 11 is 3.50. The van der Waals surface area contributed by atoms with Crippen molar-refractivity contribution < 1.29 is 9.53 Å². The molecule has 1 aromatic carbocycles. The van der Waals surface area contributed by atoms with Gasteiger partial charge < -0.3 is 4.74 Å². The van der Waals surface area contributed by atoms with Crippen LogP contribution in [0.4, 0.5) is 0 Å². The van der Waals surface area contributed by atoms with E-state index >= 15 is 0 Å². The molecule has 1 aromatic rings. The summed E-state index contributed by atoms with van der Waals surface area (Å²) in [5, 5.41) is 0. The zero-order chi connectivity index (χ0) is 11.1. The van der Waals surface area contributed by atoms with E-state index in [0.717, 1.165) is 28.6 Å². The Morgan fingerprint density at radius 3 is 2.60 bits per heavy atom. The van der Waals surface area contributed by atoms with Gasteiger partial charge in [-0.25, -0.2) is 0 Å². The van der Waals surface area contributed by atoms with Gasteiger partial charge in [0.25, 0.3) is 0 Å². The van der Waals surface area contributed by atoms with Crippen molar-refractivity contribution in [2.75, 3.05) is 7.11 Å². The number of benzene rings is 1. The lowest BCUT2D eigenvalue weighted by molar-refractivity contribution is -0.119. The molecule has 1 fully saturated rings. The first kappa shape index (κ1) is 10.7. The van der Waals surface area contributed by atoms with E-state index in [9.17, 15) is 4.79 Å². The van der Waals surface area contributed by atoms with Gasteiger partial charge in [-0.15, -0.1) is 0 Å². The maximum absolute atomic E-state index is 11.6. The fourth-order valence-corrected chi connectivity index (χ4v) is 2.56. The van der Waals surface area contributed by atoms with Crippen molar-refractivity contribution in [1.29, 1.82) is 0 Å². The van der Waals surface area contributed by atoms with Crippen LogP contribution in [0, 0.1) is 0 Å². The first-order chi connectivity index (χ1) is 7.10. The Morgan fingerprint density at radius 2 is 2.13 bits per heavy atom. The molecule has 0 unspecified atom stereocenters. The van der Waals surface area contributed by atoms with Gasteiger partial charge >= 0.3 is 0 Å². The lowest BCUT2D eigenvalue weighted by Crippen LogP contribution is -2.17. The van der Waals surface area contributed by atoms with Crippen molar-refractivity contribution in [3.63, 3.8) is 0 Å². The highest BCUT2D eigenvalue weighted by Crippen LogP contribution is 2.51. The molecule has 1 aliphatic rings. The lowest BCUT2D eigenvalue weighted by Gasteiger charge is -2.15. The van der Waals surface area contributed by atoms with E-state index in [0.29, 0.717) is 0 Å². The van der Waals surface area contributed by atoms with Crippen molar-refractivity contribution in [3.8, 4) is 5.75 Å². The highest BCUT2D eigenvalue weighted by Gasteiger charge is 2.49. The third-order valence-electron chi connectivity index (χ3n) is 3.11. The molecule has 80 valence electrons. The largest absolute Gasteiger partial charge is 0.497 e. The fraction of sp³-hybridized carbons (Fsp3) is 0.417. The van der Waals surface area contributed by atoms with Gasteiger partial charge in [-0.05, 0) is 43.5 Å². The number of ketones is 1. The van der Waals surface area contributed by atoms with E-state index in [-0.39, 0.29) is 11.2 Å². The fourth-order valence-electron chi connectivity index (χ4n) is 1.93. The Kier molecular flexibility index (Phi) is 2.59. The first-order valence-corrected chi connectivity index (χ1v) is 5.74. The summed E-state index contributed by atoms with van der Waals surface area (Å²) in [6, 6.07) is 5.79. The van der Waals surface area contributed by atoms with Gasteiger partial charge in [0.1, 0.15) is 11.5 Å². The van der Waals surface area contributed by atoms with Gasteiger partial charge in [-0.3, -0.25) is 4.79 Å². The van der Waals surface area contributed by atoms with Crippen molar-refractivity contribution in [3.05, 3.63) is 28.2 Å². The minimum Gasteiger partial charge on any atom is -0.497 e. The summed E-state index contributed by atoms with van der Waals surface area (Å²) in [7, 11) is 1.64. The van der Waals surface area contributed by atoms with Crippen LogP contribution in [0.15, 0.2) is 22.7 Å². The number of carbonyl (C=O) groups is 1. The average molecular weight is 269 g/mol. The zero-order valence-electron chi connectivity index (χ0n) is 8.84. The van der Waals surface area contributed by atoms with Crippen LogP contribution in [-0.4, -0.2) is 12.9 Å². The minimum atomic E-state index is -0.243. The summed E-state index contributed by atoms with van der Waals surface area (Å²) in [5.74, 6) is 1.05. The normalized spacial score (nSPS) is 17.3. The predicted molar refractivity (Wildman–Crippen MR) is 62.3 cm³/mol. The molecule has 2 nitrogen and oxygen atoms in total. The Bertz CT molecular complexity index is 408. The van der Waals surface area contributed by atoms with Crippen LogP contribution >= 0.6 is 15.9 Å². The average Bonchev–Trinajstić information content (AvgIpc) is 2.99. The maximum Gasteiger partial charge on any atom is 0.140 e. The van der Waals surface area contributed by atoms with Crippen LogP contribution in [0.2, 0.25) is 0 Å². The minimum absolute atomic E-state index is 0.243. The molecule has 0 aromatic heterocycles. The number of methoxy groups -OCH3 is 1. The number of carbonyl (C=O) groups excluding carboxylic acids is 1. The summed E-state index contributed by atoms with van der Waals surface area (Å²) in [6.45, 7) is 1.67. The molecule has 0 bridgehead atoms. The molecule has 3 heteroatoms. The molecule has 0 atom stereocenters. The number of Topliss-reactive ketones (excluding diaryl/α,β-unsaturated/α-hetero) is 1. The Morgan fingerprint density at radius 1 is 1.47 bits per heavy atom. The lowest BCUT2D eigenvalue weighted by atomic mass is 9.92. The van der Waals surface area contributed by atoms with E-state index in [4.69, 9.17) is 4.74 Å². The number of halogens is 1. The molecular formula is C12H13BrO2. The molecule has 1 saturated carbocycles. The molecule has 0 heterocycles. The van der Waals surface area contributed by atoms with Crippen LogP contribution in [0.25, 0.3) is 0 Å². The van der Waals surface area contributed by atoms with E-state index in [1.54, 1.807) is 14.0 Å². The summed E-state index contributed by atoms with van der Waals surface area (Å²) < 4.78 is 6.18. The van der Waals surface area contributed by atoms with Gasteiger partial charge in [0.2, 0.25) is 0 Å². The van der Waals surface area contributed by atoms with Crippen LogP contribution in [0.1, 0.15) is 25.3 Å². The van der Waals surface area contributed by atoms with Crippen molar-refractivity contribution >= 4 is 21.7 Å². The molecule has 0 aliphatic heterocycles. The molecule has 0 saturated heterocycles. The molecule has 0 amide bonds. The molecule has 2 rings (SSSR count). The molecule has 1 aliphatic carbocycles. The Balaban J connectivity index is 2.47. The highest BCUT2D eigenvalue weighted by molar-refractivity contribution is 9.10. The molecule has 0 radical (unpaired) electrons. The van der Waals surface area contributed by atoms with Gasteiger partial charge in [0.05, 0.1) is 12.5 Å². The zero-order valence-corrected chi connectivity index (χ0v) is 10.4. The number of hydrogen-bond donors (Lipinski definition) is 0. The van der Waals surface area contributed by atoms with Crippen LogP contribution in [0.5, 0.6) is 5.75 Å². The molecular weight excluding hydrogens is 256 g/mol. The number of ether oxygens (including phenoxy) is 1. The summed E-state index contributed by atoms with van der Waals surface area (Å²) in [5.41, 5.74) is 0.822. The third kappa shape index (κ3) is 1.69. The van der Waals surface area contributed by atoms with Gasteiger partial charge in [0.15, 0.2) is 0 Å². The second-order valence-electron chi connectivity index (χ2n) is 3.98. The highest BCUT2D eigenvalue weighted by atomic mass is 79.9. The first-order valence-electron chi connectivity index (χ1n) is 4.95. The third-order valence-corrected chi connectivity index (χ3v) is 3.80. The van der Waals surface area contributed by atoms with Gasteiger partial charge in [0, 0.05) is 4.47 Å². The van der Waals surface area contributed by atoms with E-state index in [1.165, 1.54) is 0 Å². The SMILES string of the molecule is COc1ccc(Br)c(C2(C(C)=O)CC2)c1. The Hall–Kier alpha value is -0.830. The quantitative estimate of drug-likeness (QED) is 0.842. The standard InChI is InChI=1S/C12H13BrO2/c1-8(14)12(5-6-12)10-7-9(15-2)3-4-11(10)13/h3-4,7H,5-6H2,1-2H3. The number of rotatable bonds is 3. The van der Waals surface area contributed by atoms with E-state index in [1.807, 2.05) is 18.2 Å². The molecule has 0 N–H and O–H groups in total. The van der Waals surface area contributed by atoms with Gasteiger partial charge in [-0.2, -0.15) is 0 Å². The van der Waals surface area contributed by atoms with Crippen molar-refractivity contribution in [2.45, 2.75) is 25.2 Å². The van der Waals surface area contributed by atoms with Crippen LogP contribution in [0.3, 0.4) is 0 Å². The van der Waals surface area contributed by atoms with Gasteiger partial charge in [-0.1, -0.05) is 15.9 Å². The molecule has 15 heavy (non-hydrogen) atoms. The summed E-state index contributed by atoms with van der Waals surface area (Å²) in [6.07, 6.45) is 1.90. The van der Waals surface area contributed by atoms with E-state index < -0.39 is 0 Å². The topological polar surface area (TPSA) is 26.3 Å².